The number of hydrogen-bond donors (Lipinski definition) is 3. The van der Waals surface area contributed by atoms with Gasteiger partial charge in [0.25, 0.3) is 5.91 Å². The van der Waals surface area contributed by atoms with Crippen molar-refractivity contribution in [3.63, 3.8) is 0 Å². The third-order valence-electron chi connectivity index (χ3n) is 2.87. The summed E-state index contributed by atoms with van der Waals surface area (Å²) < 4.78 is 0. The summed E-state index contributed by atoms with van der Waals surface area (Å²) in [5.74, 6) is -1.34. The first-order valence-electron chi connectivity index (χ1n) is 6.04. The van der Waals surface area contributed by atoms with Crippen LogP contribution >= 0.6 is 11.3 Å². The molecule has 1 aliphatic rings. The molecule has 106 valence electrons. The summed E-state index contributed by atoms with van der Waals surface area (Å²) >= 11 is 1.23. The van der Waals surface area contributed by atoms with Crippen LogP contribution in [0, 0.1) is 6.92 Å². The van der Waals surface area contributed by atoms with E-state index >= 15 is 0 Å². The van der Waals surface area contributed by atoms with Crippen molar-refractivity contribution in [2.24, 2.45) is 0 Å². The summed E-state index contributed by atoms with van der Waals surface area (Å²) in [5, 5.41) is 14.0. The van der Waals surface area contributed by atoms with Crippen LogP contribution in [-0.4, -0.2) is 35.5 Å². The van der Waals surface area contributed by atoms with Gasteiger partial charge in [-0.05, 0) is 24.6 Å². The SMILES string of the molecule is Cc1cc(C(=O)NC2CNC(=O)C2)sc1/C=C/C(=O)O. The molecule has 1 fully saturated rings. The van der Waals surface area contributed by atoms with Gasteiger partial charge in [0.2, 0.25) is 5.91 Å². The zero-order chi connectivity index (χ0) is 14.7. The van der Waals surface area contributed by atoms with Gasteiger partial charge < -0.3 is 15.7 Å². The lowest BCUT2D eigenvalue weighted by Crippen LogP contribution is -2.35. The van der Waals surface area contributed by atoms with Crippen molar-refractivity contribution in [2.75, 3.05) is 6.54 Å². The van der Waals surface area contributed by atoms with E-state index in [2.05, 4.69) is 10.6 Å². The monoisotopic (exact) mass is 294 g/mol. The molecular formula is C13H14N2O4S. The highest BCUT2D eigenvalue weighted by atomic mass is 32.1. The van der Waals surface area contributed by atoms with Crippen LogP contribution in [0.15, 0.2) is 12.1 Å². The molecule has 2 heterocycles. The standard InChI is InChI=1S/C13H14N2O4S/c1-7-4-10(20-9(7)2-3-12(17)18)13(19)15-8-5-11(16)14-6-8/h2-4,8H,5-6H2,1H3,(H,14,16)(H,15,19)(H,17,18)/b3-2+. The number of carbonyl (C=O) groups excluding carboxylic acids is 2. The van der Waals surface area contributed by atoms with Gasteiger partial charge in [-0.3, -0.25) is 9.59 Å². The maximum Gasteiger partial charge on any atom is 0.328 e. The predicted molar refractivity (Wildman–Crippen MR) is 74.6 cm³/mol. The maximum atomic E-state index is 12.0. The number of aryl methyl sites for hydroxylation is 1. The molecule has 20 heavy (non-hydrogen) atoms. The van der Waals surface area contributed by atoms with Gasteiger partial charge in [-0.2, -0.15) is 0 Å². The van der Waals surface area contributed by atoms with Crippen LogP contribution in [0.25, 0.3) is 6.08 Å². The van der Waals surface area contributed by atoms with Crippen molar-refractivity contribution in [3.8, 4) is 0 Å². The summed E-state index contributed by atoms with van der Waals surface area (Å²) in [5.41, 5.74) is 0.846. The Morgan fingerprint density at radius 3 is 2.90 bits per heavy atom. The number of amides is 2. The Balaban J connectivity index is 2.05. The molecule has 2 rings (SSSR count). The third-order valence-corrected chi connectivity index (χ3v) is 4.07. The molecule has 7 heteroatoms. The fraction of sp³-hybridized carbons (Fsp3) is 0.308. The number of hydrogen-bond acceptors (Lipinski definition) is 4. The van der Waals surface area contributed by atoms with E-state index in [9.17, 15) is 14.4 Å². The average Bonchev–Trinajstić information content (AvgIpc) is 2.93. The molecular weight excluding hydrogens is 280 g/mol. The predicted octanol–water partition coefficient (Wildman–Crippen LogP) is 0.773. The zero-order valence-electron chi connectivity index (χ0n) is 10.8. The second-order valence-electron chi connectivity index (χ2n) is 4.51. The van der Waals surface area contributed by atoms with Gasteiger partial charge in [-0.25, -0.2) is 4.79 Å². The van der Waals surface area contributed by atoms with Gasteiger partial charge in [0.05, 0.1) is 10.9 Å². The zero-order valence-corrected chi connectivity index (χ0v) is 11.6. The summed E-state index contributed by atoms with van der Waals surface area (Å²) in [7, 11) is 0. The van der Waals surface area contributed by atoms with Crippen LogP contribution in [-0.2, 0) is 9.59 Å². The largest absolute Gasteiger partial charge is 0.478 e. The topological polar surface area (TPSA) is 95.5 Å². The minimum absolute atomic E-state index is 0.0669. The number of nitrogens with one attached hydrogen (secondary N) is 2. The fourth-order valence-corrected chi connectivity index (χ4v) is 2.86. The molecule has 1 unspecified atom stereocenters. The van der Waals surface area contributed by atoms with E-state index in [4.69, 9.17) is 5.11 Å². The van der Waals surface area contributed by atoms with E-state index in [0.717, 1.165) is 16.5 Å². The molecule has 1 aromatic rings. The van der Waals surface area contributed by atoms with Crippen molar-refractivity contribution in [1.82, 2.24) is 10.6 Å². The van der Waals surface area contributed by atoms with Crippen LogP contribution in [0.4, 0.5) is 0 Å². The second kappa shape index (κ2) is 5.87. The number of carbonyl (C=O) groups is 3. The molecule has 2 amide bonds. The van der Waals surface area contributed by atoms with Crippen LogP contribution in [0.2, 0.25) is 0 Å². The first kappa shape index (κ1) is 14.3. The van der Waals surface area contributed by atoms with Crippen molar-refractivity contribution in [3.05, 3.63) is 27.5 Å². The highest BCUT2D eigenvalue weighted by molar-refractivity contribution is 7.15. The van der Waals surface area contributed by atoms with Crippen molar-refractivity contribution < 1.29 is 19.5 Å². The Kier molecular flexibility index (Phi) is 4.19. The fourth-order valence-electron chi connectivity index (χ4n) is 1.88. The van der Waals surface area contributed by atoms with E-state index in [1.165, 1.54) is 17.4 Å². The number of carboxylic acid groups (broad SMARTS) is 1. The molecule has 3 N–H and O–H groups in total. The van der Waals surface area contributed by atoms with Gasteiger partial charge in [-0.15, -0.1) is 11.3 Å². The molecule has 0 aliphatic carbocycles. The van der Waals surface area contributed by atoms with Gasteiger partial charge in [0.15, 0.2) is 0 Å². The summed E-state index contributed by atoms with van der Waals surface area (Å²) in [6, 6.07) is 1.53. The molecule has 0 radical (unpaired) electrons. The number of rotatable bonds is 4. The molecule has 6 nitrogen and oxygen atoms in total. The molecule has 0 bridgehead atoms. The highest BCUT2D eigenvalue weighted by Crippen LogP contribution is 2.23. The smallest absolute Gasteiger partial charge is 0.328 e. The molecule has 1 atom stereocenters. The van der Waals surface area contributed by atoms with Gasteiger partial charge in [0, 0.05) is 23.9 Å². The Morgan fingerprint density at radius 1 is 1.55 bits per heavy atom. The van der Waals surface area contributed by atoms with E-state index in [1.807, 2.05) is 6.92 Å². The van der Waals surface area contributed by atoms with E-state index in [0.29, 0.717) is 17.8 Å². The van der Waals surface area contributed by atoms with Gasteiger partial charge >= 0.3 is 5.97 Å². The molecule has 0 aromatic carbocycles. The molecule has 0 spiro atoms. The lowest BCUT2D eigenvalue weighted by molar-refractivity contribution is -0.131. The first-order chi connectivity index (χ1) is 9.45. The van der Waals surface area contributed by atoms with E-state index in [-0.39, 0.29) is 17.9 Å². The number of thiophene rings is 1. The van der Waals surface area contributed by atoms with Crippen molar-refractivity contribution in [1.29, 1.82) is 0 Å². The van der Waals surface area contributed by atoms with Crippen LogP contribution in [0.1, 0.15) is 26.5 Å². The Hall–Kier alpha value is -2.15. The van der Waals surface area contributed by atoms with Gasteiger partial charge in [-0.1, -0.05) is 0 Å². The summed E-state index contributed by atoms with van der Waals surface area (Å²) in [6.45, 7) is 2.26. The normalized spacial score (nSPS) is 18.2. The lowest BCUT2D eigenvalue weighted by Gasteiger charge is -2.08. The quantitative estimate of drug-likeness (QED) is 0.715. The molecule has 1 aromatic heterocycles. The Labute approximate surface area is 119 Å². The highest BCUT2D eigenvalue weighted by Gasteiger charge is 2.24. The maximum absolute atomic E-state index is 12.0. The van der Waals surface area contributed by atoms with E-state index in [1.54, 1.807) is 6.07 Å². The molecule has 1 aliphatic heterocycles. The minimum atomic E-state index is -1.03. The van der Waals surface area contributed by atoms with Crippen LogP contribution in [0.3, 0.4) is 0 Å². The first-order valence-corrected chi connectivity index (χ1v) is 6.86. The average molecular weight is 294 g/mol. The molecule has 1 saturated heterocycles. The third kappa shape index (κ3) is 3.45. The van der Waals surface area contributed by atoms with Crippen LogP contribution in [0.5, 0.6) is 0 Å². The van der Waals surface area contributed by atoms with Crippen molar-refractivity contribution in [2.45, 2.75) is 19.4 Å². The molecule has 0 saturated carbocycles. The second-order valence-corrected chi connectivity index (χ2v) is 5.59. The number of aliphatic carboxylic acids is 1. The lowest BCUT2D eigenvalue weighted by atomic mass is 10.2. The minimum Gasteiger partial charge on any atom is -0.478 e. The van der Waals surface area contributed by atoms with E-state index < -0.39 is 5.97 Å². The van der Waals surface area contributed by atoms with Crippen LogP contribution < -0.4 is 10.6 Å². The summed E-state index contributed by atoms with van der Waals surface area (Å²) in [4.78, 5) is 34.8. The van der Waals surface area contributed by atoms with Crippen molar-refractivity contribution >= 4 is 35.2 Å². The Bertz CT molecular complexity index is 591. The number of carboxylic acids is 1. The Morgan fingerprint density at radius 2 is 2.30 bits per heavy atom. The summed E-state index contributed by atoms with van der Waals surface area (Å²) in [6.07, 6.45) is 2.81. The van der Waals surface area contributed by atoms with Gasteiger partial charge in [0.1, 0.15) is 0 Å².